The van der Waals surface area contributed by atoms with Crippen LogP contribution in [0.25, 0.3) is 10.2 Å². The Labute approximate surface area is 131 Å². The number of nitrogens with zero attached hydrogens (tertiary/aromatic N) is 1. The SMILES string of the molecule is Cc1ccccc1CC(=O)Nc1nc2ccc(Cl)cc2s1. The summed E-state index contributed by atoms with van der Waals surface area (Å²) in [7, 11) is 0. The second-order valence-corrected chi connectivity index (χ2v) is 6.25. The van der Waals surface area contributed by atoms with Gasteiger partial charge in [-0.3, -0.25) is 4.79 Å². The fourth-order valence-electron chi connectivity index (χ4n) is 2.10. The number of benzene rings is 2. The van der Waals surface area contributed by atoms with E-state index in [4.69, 9.17) is 11.6 Å². The Hall–Kier alpha value is -1.91. The van der Waals surface area contributed by atoms with E-state index in [9.17, 15) is 4.79 Å². The lowest BCUT2D eigenvalue weighted by molar-refractivity contribution is -0.115. The number of carbonyl (C=O) groups is 1. The molecular formula is C16H13ClN2OS. The summed E-state index contributed by atoms with van der Waals surface area (Å²) in [5.74, 6) is -0.0607. The van der Waals surface area contributed by atoms with Crippen LogP contribution in [0.1, 0.15) is 11.1 Å². The first-order chi connectivity index (χ1) is 10.1. The minimum absolute atomic E-state index is 0.0607. The second-order valence-electron chi connectivity index (χ2n) is 4.78. The van der Waals surface area contributed by atoms with Gasteiger partial charge in [-0.15, -0.1) is 0 Å². The number of aromatic nitrogens is 1. The molecule has 0 aliphatic rings. The van der Waals surface area contributed by atoms with Crippen LogP contribution in [0.2, 0.25) is 5.02 Å². The molecule has 1 heterocycles. The molecule has 0 atom stereocenters. The van der Waals surface area contributed by atoms with E-state index in [1.807, 2.05) is 43.3 Å². The summed E-state index contributed by atoms with van der Waals surface area (Å²) in [5, 5.41) is 4.12. The van der Waals surface area contributed by atoms with Crippen molar-refractivity contribution in [2.24, 2.45) is 0 Å². The number of aryl methyl sites for hydroxylation is 1. The Morgan fingerprint density at radius 3 is 2.90 bits per heavy atom. The van der Waals surface area contributed by atoms with Gasteiger partial charge in [-0.2, -0.15) is 0 Å². The highest BCUT2D eigenvalue weighted by molar-refractivity contribution is 7.22. The van der Waals surface area contributed by atoms with Crippen molar-refractivity contribution >= 4 is 44.2 Å². The summed E-state index contributed by atoms with van der Waals surface area (Å²) >= 11 is 7.38. The van der Waals surface area contributed by atoms with Crippen LogP contribution in [0.5, 0.6) is 0 Å². The zero-order chi connectivity index (χ0) is 14.8. The number of amides is 1. The zero-order valence-corrected chi connectivity index (χ0v) is 13.0. The van der Waals surface area contributed by atoms with Crippen LogP contribution in [0.4, 0.5) is 5.13 Å². The van der Waals surface area contributed by atoms with E-state index in [1.54, 1.807) is 6.07 Å². The van der Waals surface area contributed by atoms with Crippen LogP contribution < -0.4 is 5.32 Å². The largest absolute Gasteiger partial charge is 0.302 e. The van der Waals surface area contributed by atoms with Crippen molar-refractivity contribution in [2.75, 3.05) is 5.32 Å². The number of carbonyl (C=O) groups excluding carboxylic acids is 1. The second kappa shape index (κ2) is 5.84. The van der Waals surface area contributed by atoms with Gasteiger partial charge in [-0.25, -0.2) is 4.98 Å². The van der Waals surface area contributed by atoms with Crippen molar-refractivity contribution in [1.82, 2.24) is 4.98 Å². The molecule has 0 bridgehead atoms. The Bertz CT molecular complexity index is 813. The average Bonchev–Trinajstić information content (AvgIpc) is 2.82. The summed E-state index contributed by atoms with van der Waals surface area (Å²) in [6.45, 7) is 2.00. The molecule has 0 aliphatic heterocycles. The number of fused-ring (bicyclic) bond motifs is 1. The van der Waals surface area contributed by atoms with Crippen molar-refractivity contribution in [1.29, 1.82) is 0 Å². The van der Waals surface area contributed by atoms with Gasteiger partial charge in [0.2, 0.25) is 5.91 Å². The third-order valence-corrected chi connectivity index (χ3v) is 4.38. The maximum atomic E-state index is 12.1. The number of hydrogen-bond donors (Lipinski definition) is 1. The van der Waals surface area contributed by atoms with E-state index < -0.39 is 0 Å². The Morgan fingerprint density at radius 1 is 1.29 bits per heavy atom. The molecule has 0 saturated heterocycles. The summed E-state index contributed by atoms with van der Waals surface area (Å²) in [4.78, 5) is 16.5. The van der Waals surface area contributed by atoms with E-state index in [0.29, 0.717) is 16.6 Å². The van der Waals surface area contributed by atoms with Gasteiger partial charge in [0.25, 0.3) is 0 Å². The molecule has 0 unspecified atom stereocenters. The predicted octanol–water partition coefficient (Wildman–Crippen LogP) is 4.44. The van der Waals surface area contributed by atoms with Crippen LogP contribution in [0, 0.1) is 6.92 Å². The minimum Gasteiger partial charge on any atom is -0.302 e. The Kier molecular flexibility index (Phi) is 3.90. The maximum absolute atomic E-state index is 12.1. The first-order valence-electron chi connectivity index (χ1n) is 6.52. The van der Waals surface area contributed by atoms with Gasteiger partial charge in [0.05, 0.1) is 16.6 Å². The van der Waals surface area contributed by atoms with Gasteiger partial charge in [-0.05, 0) is 36.2 Å². The molecular weight excluding hydrogens is 304 g/mol. The van der Waals surface area contributed by atoms with Gasteiger partial charge in [0.15, 0.2) is 5.13 Å². The lowest BCUT2D eigenvalue weighted by atomic mass is 10.1. The average molecular weight is 317 g/mol. The van der Waals surface area contributed by atoms with Crippen molar-refractivity contribution in [3.63, 3.8) is 0 Å². The maximum Gasteiger partial charge on any atom is 0.230 e. The molecule has 106 valence electrons. The van der Waals surface area contributed by atoms with Gasteiger partial charge in [-0.1, -0.05) is 47.2 Å². The molecule has 3 aromatic rings. The lowest BCUT2D eigenvalue weighted by Crippen LogP contribution is -2.14. The highest BCUT2D eigenvalue weighted by atomic mass is 35.5. The van der Waals surface area contributed by atoms with Crippen LogP contribution in [-0.4, -0.2) is 10.9 Å². The topological polar surface area (TPSA) is 42.0 Å². The van der Waals surface area contributed by atoms with Crippen molar-refractivity contribution in [3.8, 4) is 0 Å². The molecule has 21 heavy (non-hydrogen) atoms. The molecule has 1 amide bonds. The van der Waals surface area contributed by atoms with Crippen LogP contribution in [-0.2, 0) is 11.2 Å². The number of hydrogen-bond acceptors (Lipinski definition) is 3. The Balaban J connectivity index is 1.75. The van der Waals surface area contributed by atoms with Gasteiger partial charge in [0, 0.05) is 5.02 Å². The third kappa shape index (κ3) is 3.23. The van der Waals surface area contributed by atoms with Crippen molar-refractivity contribution in [3.05, 3.63) is 58.6 Å². The summed E-state index contributed by atoms with van der Waals surface area (Å²) < 4.78 is 0.966. The quantitative estimate of drug-likeness (QED) is 0.776. The lowest BCUT2D eigenvalue weighted by Gasteiger charge is -2.04. The number of thiazole rings is 1. The highest BCUT2D eigenvalue weighted by Gasteiger charge is 2.10. The third-order valence-electron chi connectivity index (χ3n) is 3.21. The molecule has 0 saturated carbocycles. The monoisotopic (exact) mass is 316 g/mol. The van der Waals surface area contributed by atoms with E-state index in [0.717, 1.165) is 21.3 Å². The van der Waals surface area contributed by atoms with Crippen molar-refractivity contribution in [2.45, 2.75) is 13.3 Å². The van der Waals surface area contributed by atoms with Crippen LogP contribution in [0.3, 0.4) is 0 Å². The number of nitrogens with one attached hydrogen (secondary N) is 1. The molecule has 1 aromatic heterocycles. The molecule has 1 N–H and O–H groups in total. The number of anilines is 1. The van der Waals surface area contributed by atoms with E-state index in [1.165, 1.54) is 11.3 Å². The van der Waals surface area contributed by atoms with E-state index in [-0.39, 0.29) is 5.91 Å². The number of halogens is 1. The smallest absolute Gasteiger partial charge is 0.230 e. The minimum atomic E-state index is -0.0607. The first-order valence-corrected chi connectivity index (χ1v) is 7.72. The fourth-order valence-corrected chi connectivity index (χ4v) is 3.25. The molecule has 3 nitrogen and oxygen atoms in total. The predicted molar refractivity (Wildman–Crippen MR) is 88.1 cm³/mol. The molecule has 5 heteroatoms. The number of rotatable bonds is 3. The molecule has 0 aliphatic carbocycles. The van der Waals surface area contributed by atoms with Gasteiger partial charge >= 0.3 is 0 Å². The Morgan fingerprint density at radius 2 is 2.10 bits per heavy atom. The first kappa shape index (κ1) is 14.0. The van der Waals surface area contributed by atoms with Gasteiger partial charge in [0.1, 0.15) is 0 Å². The van der Waals surface area contributed by atoms with Crippen LogP contribution in [0.15, 0.2) is 42.5 Å². The van der Waals surface area contributed by atoms with E-state index >= 15 is 0 Å². The summed E-state index contributed by atoms with van der Waals surface area (Å²) in [6, 6.07) is 13.4. The standard InChI is InChI=1S/C16H13ClN2OS/c1-10-4-2-3-5-11(10)8-15(20)19-16-18-13-7-6-12(17)9-14(13)21-16/h2-7,9H,8H2,1H3,(H,18,19,20). The van der Waals surface area contributed by atoms with Gasteiger partial charge < -0.3 is 5.32 Å². The zero-order valence-electron chi connectivity index (χ0n) is 11.4. The summed E-state index contributed by atoms with van der Waals surface area (Å²) in [6.07, 6.45) is 0.351. The molecule has 0 fully saturated rings. The van der Waals surface area contributed by atoms with E-state index in [2.05, 4.69) is 10.3 Å². The molecule has 2 aromatic carbocycles. The fraction of sp³-hybridized carbons (Fsp3) is 0.125. The normalized spacial score (nSPS) is 10.8. The summed E-state index contributed by atoms with van der Waals surface area (Å²) in [5.41, 5.74) is 2.98. The van der Waals surface area contributed by atoms with Crippen molar-refractivity contribution < 1.29 is 4.79 Å². The molecule has 3 rings (SSSR count). The highest BCUT2D eigenvalue weighted by Crippen LogP contribution is 2.28. The molecule has 0 radical (unpaired) electrons. The molecule has 0 spiro atoms. The van der Waals surface area contributed by atoms with Crippen LogP contribution >= 0.6 is 22.9 Å².